The van der Waals surface area contributed by atoms with E-state index < -0.39 is 11.6 Å². The molecule has 2 N–H and O–H groups in total. The second-order valence-electron chi connectivity index (χ2n) is 3.72. The van der Waals surface area contributed by atoms with Crippen LogP contribution < -0.4 is 10.5 Å². The van der Waals surface area contributed by atoms with Crippen molar-refractivity contribution in [2.75, 3.05) is 5.73 Å². The third kappa shape index (κ3) is 2.90. The number of anilines is 1. The third-order valence-electron chi connectivity index (χ3n) is 2.36. The molecule has 0 fully saturated rings. The van der Waals surface area contributed by atoms with Crippen LogP contribution in [0.3, 0.4) is 0 Å². The van der Waals surface area contributed by atoms with E-state index in [9.17, 15) is 8.78 Å². The zero-order valence-electron chi connectivity index (χ0n) is 9.29. The first-order valence-corrected chi connectivity index (χ1v) is 5.56. The van der Waals surface area contributed by atoms with Crippen LogP contribution in [-0.2, 0) is 6.61 Å². The van der Waals surface area contributed by atoms with Crippen molar-refractivity contribution in [1.29, 1.82) is 0 Å². The van der Waals surface area contributed by atoms with E-state index in [-0.39, 0.29) is 17.3 Å². The van der Waals surface area contributed by atoms with Crippen molar-refractivity contribution in [1.82, 2.24) is 0 Å². The highest BCUT2D eigenvalue weighted by molar-refractivity contribution is 6.30. The lowest BCUT2D eigenvalue weighted by molar-refractivity contribution is 0.304. The minimum atomic E-state index is -0.537. The average Bonchev–Trinajstić information content (AvgIpc) is 2.35. The van der Waals surface area contributed by atoms with Crippen molar-refractivity contribution < 1.29 is 13.5 Å². The van der Waals surface area contributed by atoms with Gasteiger partial charge in [0.1, 0.15) is 24.0 Å². The van der Waals surface area contributed by atoms with Crippen molar-refractivity contribution in [3.63, 3.8) is 0 Å². The van der Waals surface area contributed by atoms with Gasteiger partial charge in [0.25, 0.3) is 0 Å². The second kappa shape index (κ2) is 5.23. The van der Waals surface area contributed by atoms with E-state index in [2.05, 4.69) is 0 Å². The Morgan fingerprint density at radius 3 is 2.50 bits per heavy atom. The number of rotatable bonds is 3. The first-order valence-electron chi connectivity index (χ1n) is 5.18. The molecule has 0 bridgehead atoms. The van der Waals surface area contributed by atoms with Gasteiger partial charge in [0.15, 0.2) is 0 Å². The molecule has 0 aliphatic rings. The van der Waals surface area contributed by atoms with Gasteiger partial charge in [-0.15, -0.1) is 0 Å². The van der Waals surface area contributed by atoms with E-state index in [1.165, 1.54) is 24.3 Å². The van der Waals surface area contributed by atoms with Crippen LogP contribution in [0.2, 0.25) is 5.02 Å². The molecule has 5 heteroatoms. The molecule has 0 saturated heterocycles. The van der Waals surface area contributed by atoms with Crippen molar-refractivity contribution in [3.8, 4) is 5.75 Å². The first kappa shape index (κ1) is 12.6. The van der Waals surface area contributed by atoms with Gasteiger partial charge in [-0.3, -0.25) is 0 Å². The van der Waals surface area contributed by atoms with Gasteiger partial charge in [0, 0.05) is 6.07 Å². The van der Waals surface area contributed by atoms with Crippen LogP contribution >= 0.6 is 11.6 Å². The van der Waals surface area contributed by atoms with E-state index in [1.807, 2.05) is 0 Å². The van der Waals surface area contributed by atoms with Crippen LogP contribution in [0.15, 0.2) is 36.4 Å². The molecular weight excluding hydrogens is 260 g/mol. The number of hydrogen-bond donors (Lipinski definition) is 1. The molecule has 94 valence electrons. The molecule has 2 nitrogen and oxygen atoms in total. The van der Waals surface area contributed by atoms with E-state index in [0.29, 0.717) is 11.3 Å². The summed E-state index contributed by atoms with van der Waals surface area (Å²) in [7, 11) is 0. The predicted octanol–water partition coefficient (Wildman–Crippen LogP) is 3.78. The maximum atomic E-state index is 13.1. The fourth-order valence-electron chi connectivity index (χ4n) is 1.39. The predicted molar refractivity (Wildman–Crippen MR) is 66.6 cm³/mol. The molecular formula is C13H10ClF2NO. The fourth-order valence-corrected chi connectivity index (χ4v) is 1.60. The number of hydrogen-bond acceptors (Lipinski definition) is 2. The minimum absolute atomic E-state index is 0.0274. The summed E-state index contributed by atoms with van der Waals surface area (Å²) in [6.45, 7) is 0.170. The molecule has 0 heterocycles. The molecule has 0 aliphatic carbocycles. The maximum absolute atomic E-state index is 13.1. The molecule has 0 atom stereocenters. The number of halogens is 3. The Bertz CT molecular complexity index is 523. The van der Waals surface area contributed by atoms with Crippen LogP contribution in [-0.4, -0.2) is 0 Å². The summed E-state index contributed by atoms with van der Waals surface area (Å²) in [5, 5.41) is 0.0274. The van der Waals surface area contributed by atoms with Crippen LogP contribution in [0.25, 0.3) is 0 Å². The fraction of sp³-hybridized carbons (Fsp3) is 0.0769. The van der Waals surface area contributed by atoms with E-state index in [1.54, 1.807) is 12.1 Å². The number of benzene rings is 2. The third-order valence-corrected chi connectivity index (χ3v) is 2.65. The van der Waals surface area contributed by atoms with E-state index in [0.717, 1.165) is 0 Å². The summed E-state index contributed by atoms with van der Waals surface area (Å²) in [5.74, 6) is -0.675. The van der Waals surface area contributed by atoms with Crippen LogP contribution in [0.4, 0.5) is 14.5 Å². The lowest BCUT2D eigenvalue weighted by Gasteiger charge is -2.07. The SMILES string of the molecule is Nc1ccc(OCc2ccc(F)c(Cl)c2)cc1F. The van der Waals surface area contributed by atoms with Crippen LogP contribution in [0.5, 0.6) is 5.75 Å². The zero-order chi connectivity index (χ0) is 13.1. The molecule has 0 amide bonds. The van der Waals surface area contributed by atoms with Gasteiger partial charge in [-0.05, 0) is 29.8 Å². The summed E-state index contributed by atoms with van der Waals surface area (Å²) in [6.07, 6.45) is 0. The lowest BCUT2D eigenvalue weighted by Crippen LogP contribution is -1.97. The lowest BCUT2D eigenvalue weighted by atomic mass is 10.2. The van der Waals surface area contributed by atoms with E-state index >= 15 is 0 Å². The number of ether oxygens (including phenoxy) is 1. The summed E-state index contributed by atoms with van der Waals surface area (Å²) < 4.78 is 31.4. The molecule has 2 aromatic carbocycles. The largest absolute Gasteiger partial charge is 0.489 e. The second-order valence-corrected chi connectivity index (χ2v) is 4.13. The Morgan fingerprint density at radius 2 is 1.83 bits per heavy atom. The molecule has 0 aliphatic heterocycles. The Morgan fingerprint density at radius 1 is 1.06 bits per heavy atom. The standard InChI is InChI=1S/C13H10ClF2NO/c14-10-5-8(1-3-11(10)15)7-18-9-2-4-13(17)12(16)6-9/h1-6H,7,17H2. The van der Waals surface area contributed by atoms with Gasteiger partial charge >= 0.3 is 0 Å². The van der Waals surface area contributed by atoms with Crippen molar-refractivity contribution in [2.24, 2.45) is 0 Å². The quantitative estimate of drug-likeness (QED) is 0.861. The highest BCUT2D eigenvalue weighted by atomic mass is 35.5. The molecule has 0 saturated carbocycles. The average molecular weight is 270 g/mol. The Labute approximate surface area is 108 Å². The zero-order valence-corrected chi connectivity index (χ0v) is 10.0. The molecule has 2 aromatic rings. The normalized spacial score (nSPS) is 10.4. The van der Waals surface area contributed by atoms with Gasteiger partial charge in [-0.1, -0.05) is 17.7 Å². The topological polar surface area (TPSA) is 35.2 Å². The Balaban J connectivity index is 2.06. The smallest absolute Gasteiger partial charge is 0.149 e. The van der Waals surface area contributed by atoms with E-state index in [4.69, 9.17) is 22.1 Å². The molecule has 2 rings (SSSR count). The Kier molecular flexibility index (Phi) is 3.67. The molecule has 0 unspecified atom stereocenters. The van der Waals surface area contributed by atoms with Gasteiger partial charge in [-0.2, -0.15) is 0 Å². The summed E-state index contributed by atoms with van der Waals surface area (Å²) >= 11 is 5.63. The molecule has 0 radical (unpaired) electrons. The van der Waals surface area contributed by atoms with Crippen LogP contribution in [0.1, 0.15) is 5.56 Å². The van der Waals surface area contributed by atoms with Crippen molar-refractivity contribution >= 4 is 17.3 Å². The first-order chi connectivity index (χ1) is 8.56. The highest BCUT2D eigenvalue weighted by Gasteiger charge is 2.04. The summed E-state index contributed by atoms with van der Waals surface area (Å²) in [6, 6.07) is 8.44. The Hall–Kier alpha value is -1.81. The van der Waals surface area contributed by atoms with Gasteiger partial charge in [0.05, 0.1) is 10.7 Å². The number of nitrogen functional groups attached to an aromatic ring is 1. The summed E-state index contributed by atoms with van der Waals surface area (Å²) in [5.41, 5.74) is 6.10. The summed E-state index contributed by atoms with van der Waals surface area (Å²) in [4.78, 5) is 0. The van der Waals surface area contributed by atoms with Gasteiger partial charge < -0.3 is 10.5 Å². The van der Waals surface area contributed by atoms with Gasteiger partial charge in [0.2, 0.25) is 0 Å². The number of nitrogens with two attached hydrogens (primary N) is 1. The minimum Gasteiger partial charge on any atom is -0.489 e. The van der Waals surface area contributed by atoms with Crippen molar-refractivity contribution in [2.45, 2.75) is 6.61 Å². The molecule has 18 heavy (non-hydrogen) atoms. The van der Waals surface area contributed by atoms with Gasteiger partial charge in [-0.25, -0.2) is 8.78 Å². The highest BCUT2D eigenvalue weighted by Crippen LogP contribution is 2.20. The monoisotopic (exact) mass is 269 g/mol. The van der Waals surface area contributed by atoms with Crippen molar-refractivity contribution in [3.05, 3.63) is 58.6 Å². The molecule has 0 spiro atoms. The maximum Gasteiger partial charge on any atom is 0.149 e. The van der Waals surface area contributed by atoms with Crippen LogP contribution in [0, 0.1) is 11.6 Å². The molecule has 0 aromatic heterocycles.